The smallest absolute Gasteiger partial charge is 0.293 e. The Morgan fingerprint density at radius 2 is 2.26 bits per heavy atom. The quantitative estimate of drug-likeness (QED) is 0.666. The summed E-state index contributed by atoms with van der Waals surface area (Å²) >= 11 is 3.23. The molecule has 2 rings (SSSR count). The van der Waals surface area contributed by atoms with E-state index in [0.29, 0.717) is 16.6 Å². The molecule has 6 heteroatoms. The highest BCUT2D eigenvalue weighted by Crippen LogP contribution is 2.28. The van der Waals surface area contributed by atoms with Crippen molar-refractivity contribution >= 4 is 27.3 Å². The van der Waals surface area contributed by atoms with Crippen molar-refractivity contribution < 1.29 is 9.34 Å². The van der Waals surface area contributed by atoms with Crippen molar-refractivity contribution in [3.8, 4) is 0 Å². The molecule has 1 atom stereocenters. The van der Waals surface area contributed by atoms with Crippen LogP contribution in [0.2, 0.25) is 0 Å². The first-order chi connectivity index (χ1) is 9.06. The zero-order valence-electron chi connectivity index (χ0n) is 10.3. The number of anilines is 1. The van der Waals surface area contributed by atoms with Gasteiger partial charge in [-0.3, -0.25) is 10.1 Å². The highest BCUT2D eigenvalue weighted by Gasteiger charge is 2.16. The minimum absolute atomic E-state index is 0.0334. The standard InChI is InChI=1S/C13H13BrN2O3/c1-9(7-11-3-2-6-19-11)15-12-5-4-10(14)8-13(12)16(17)18/h2-6,8-9,15H,7H2,1H3. The maximum absolute atomic E-state index is 11.0. The van der Waals surface area contributed by atoms with E-state index < -0.39 is 4.92 Å². The van der Waals surface area contributed by atoms with E-state index in [1.165, 1.54) is 6.07 Å². The van der Waals surface area contributed by atoms with Gasteiger partial charge in [0.05, 0.1) is 11.2 Å². The van der Waals surface area contributed by atoms with Crippen LogP contribution in [0, 0.1) is 10.1 Å². The molecule has 0 saturated carbocycles. The van der Waals surface area contributed by atoms with Crippen molar-refractivity contribution in [1.82, 2.24) is 0 Å². The molecule has 0 radical (unpaired) electrons. The molecule has 0 bridgehead atoms. The number of nitrogens with one attached hydrogen (secondary N) is 1. The molecule has 1 heterocycles. The molecule has 0 aliphatic carbocycles. The monoisotopic (exact) mass is 324 g/mol. The average molecular weight is 325 g/mol. The molecule has 1 N–H and O–H groups in total. The van der Waals surface area contributed by atoms with E-state index >= 15 is 0 Å². The summed E-state index contributed by atoms with van der Waals surface area (Å²) in [6, 6.07) is 8.70. The first kappa shape index (κ1) is 13.6. The van der Waals surface area contributed by atoms with E-state index in [1.807, 2.05) is 19.1 Å². The lowest BCUT2D eigenvalue weighted by molar-refractivity contribution is -0.384. The lowest BCUT2D eigenvalue weighted by Crippen LogP contribution is -2.18. The minimum Gasteiger partial charge on any atom is -0.469 e. The van der Waals surface area contributed by atoms with E-state index in [2.05, 4.69) is 21.2 Å². The number of furan rings is 1. The van der Waals surface area contributed by atoms with Crippen LogP contribution in [0.4, 0.5) is 11.4 Å². The number of halogens is 1. The molecule has 100 valence electrons. The SMILES string of the molecule is CC(Cc1ccco1)Nc1ccc(Br)cc1[N+](=O)[O-]. The molecule has 0 fully saturated rings. The zero-order valence-corrected chi connectivity index (χ0v) is 11.9. The molecule has 0 amide bonds. The third kappa shape index (κ3) is 3.57. The first-order valence-electron chi connectivity index (χ1n) is 5.79. The molecule has 1 unspecified atom stereocenters. The molecular formula is C13H13BrN2O3. The summed E-state index contributed by atoms with van der Waals surface area (Å²) in [5, 5.41) is 14.1. The molecule has 1 aromatic carbocycles. The largest absolute Gasteiger partial charge is 0.469 e. The fourth-order valence-electron chi connectivity index (χ4n) is 1.82. The summed E-state index contributed by atoms with van der Waals surface area (Å²) in [6.07, 6.45) is 2.28. The van der Waals surface area contributed by atoms with Crippen LogP contribution in [0.1, 0.15) is 12.7 Å². The van der Waals surface area contributed by atoms with E-state index in [0.717, 1.165) is 5.76 Å². The van der Waals surface area contributed by atoms with Crippen LogP contribution in [-0.4, -0.2) is 11.0 Å². The highest BCUT2D eigenvalue weighted by molar-refractivity contribution is 9.10. The van der Waals surface area contributed by atoms with Crippen LogP contribution < -0.4 is 5.32 Å². The molecule has 0 aliphatic rings. The summed E-state index contributed by atoms with van der Waals surface area (Å²) < 4.78 is 5.94. The van der Waals surface area contributed by atoms with Gasteiger partial charge in [-0.1, -0.05) is 15.9 Å². The second kappa shape index (κ2) is 5.88. The first-order valence-corrected chi connectivity index (χ1v) is 6.58. The minimum atomic E-state index is -0.396. The molecule has 5 nitrogen and oxygen atoms in total. The van der Waals surface area contributed by atoms with Gasteiger partial charge in [0.2, 0.25) is 0 Å². The van der Waals surface area contributed by atoms with E-state index in [-0.39, 0.29) is 11.7 Å². The maximum Gasteiger partial charge on any atom is 0.293 e. The molecule has 0 saturated heterocycles. The highest BCUT2D eigenvalue weighted by atomic mass is 79.9. The Bertz CT molecular complexity index is 569. The molecule has 2 aromatic rings. The van der Waals surface area contributed by atoms with Gasteiger partial charge in [0.15, 0.2) is 0 Å². The maximum atomic E-state index is 11.0. The van der Waals surface area contributed by atoms with Gasteiger partial charge in [-0.15, -0.1) is 0 Å². The predicted octanol–water partition coefficient (Wildman–Crippen LogP) is 3.99. The Morgan fingerprint density at radius 1 is 1.47 bits per heavy atom. The molecule has 0 spiro atoms. The van der Waals surface area contributed by atoms with Gasteiger partial charge in [0.1, 0.15) is 11.4 Å². The van der Waals surface area contributed by atoms with Gasteiger partial charge in [0, 0.05) is 23.0 Å². The number of benzene rings is 1. The summed E-state index contributed by atoms with van der Waals surface area (Å²) in [5.41, 5.74) is 0.563. The normalized spacial score (nSPS) is 12.1. The van der Waals surface area contributed by atoms with Gasteiger partial charge >= 0.3 is 0 Å². The summed E-state index contributed by atoms with van der Waals surface area (Å²) in [5.74, 6) is 0.847. The summed E-state index contributed by atoms with van der Waals surface area (Å²) in [6.45, 7) is 1.95. The van der Waals surface area contributed by atoms with Crippen molar-refractivity contribution in [3.05, 3.63) is 56.9 Å². The Morgan fingerprint density at radius 3 is 2.89 bits per heavy atom. The van der Waals surface area contributed by atoms with Gasteiger partial charge in [-0.2, -0.15) is 0 Å². The zero-order chi connectivity index (χ0) is 13.8. The van der Waals surface area contributed by atoms with E-state index in [1.54, 1.807) is 18.4 Å². The number of rotatable bonds is 5. The lowest BCUT2D eigenvalue weighted by atomic mass is 10.1. The predicted molar refractivity (Wildman–Crippen MR) is 76.3 cm³/mol. The van der Waals surface area contributed by atoms with Crippen LogP contribution in [-0.2, 0) is 6.42 Å². The Labute approximate surface area is 118 Å². The van der Waals surface area contributed by atoms with Crippen molar-refractivity contribution in [2.75, 3.05) is 5.32 Å². The van der Waals surface area contributed by atoms with Crippen molar-refractivity contribution in [1.29, 1.82) is 0 Å². The molecule has 19 heavy (non-hydrogen) atoms. The van der Waals surface area contributed by atoms with E-state index in [4.69, 9.17) is 4.42 Å². The van der Waals surface area contributed by atoms with Crippen LogP contribution in [0.3, 0.4) is 0 Å². The van der Waals surface area contributed by atoms with Gasteiger partial charge in [-0.05, 0) is 31.2 Å². The Balaban J connectivity index is 2.12. The van der Waals surface area contributed by atoms with Crippen LogP contribution in [0.5, 0.6) is 0 Å². The fraction of sp³-hybridized carbons (Fsp3) is 0.231. The van der Waals surface area contributed by atoms with Crippen LogP contribution in [0.15, 0.2) is 45.5 Å². The number of hydrogen-bond donors (Lipinski definition) is 1. The Kier molecular flexibility index (Phi) is 4.21. The molecule has 1 aromatic heterocycles. The van der Waals surface area contributed by atoms with Gasteiger partial charge in [0.25, 0.3) is 5.69 Å². The topological polar surface area (TPSA) is 68.3 Å². The van der Waals surface area contributed by atoms with Crippen molar-refractivity contribution in [3.63, 3.8) is 0 Å². The summed E-state index contributed by atoms with van der Waals surface area (Å²) in [7, 11) is 0. The third-order valence-corrected chi connectivity index (χ3v) is 3.14. The second-order valence-corrected chi connectivity index (χ2v) is 5.16. The molecular weight excluding hydrogens is 312 g/mol. The number of nitro benzene ring substituents is 1. The van der Waals surface area contributed by atoms with Gasteiger partial charge < -0.3 is 9.73 Å². The summed E-state index contributed by atoms with van der Waals surface area (Å²) in [4.78, 5) is 10.6. The third-order valence-electron chi connectivity index (χ3n) is 2.65. The average Bonchev–Trinajstić information content (AvgIpc) is 2.83. The van der Waals surface area contributed by atoms with Crippen molar-refractivity contribution in [2.45, 2.75) is 19.4 Å². The van der Waals surface area contributed by atoms with Gasteiger partial charge in [-0.25, -0.2) is 0 Å². The second-order valence-electron chi connectivity index (χ2n) is 4.25. The van der Waals surface area contributed by atoms with E-state index in [9.17, 15) is 10.1 Å². The number of nitrogens with zero attached hydrogens (tertiary/aromatic N) is 1. The Hall–Kier alpha value is -1.82. The van der Waals surface area contributed by atoms with Crippen molar-refractivity contribution in [2.24, 2.45) is 0 Å². The number of hydrogen-bond acceptors (Lipinski definition) is 4. The van der Waals surface area contributed by atoms with Crippen LogP contribution in [0.25, 0.3) is 0 Å². The molecule has 0 aliphatic heterocycles. The van der Waals surface area contributed by atoms with Crippen LogP contribution >= 0.6 is 15.9 Å². The lowest BCUT2D eigenvalue weighted by Gasteiger charge is -2.14. The number of nitro groups is 1. The fourth-order valence-corrected chi connectivity index (χ4v) is 2.17.